The molecule has 4 rings (SSSR count). The molecule has 0 saturated carbocycles. The maximum Gasteiger partial charge on any atom is 0.240 e. The summed E-state index contributed by atoms with van der Waals surface area (Å²) in [5, 5.41) is 5.22. The summed E-state index contributed by atoms with van der Waals surface area (Å²) in [6.45, 7) is 5.78. The van der Waals surface area contributed by atoms with Crippen LogP contribution in [0.15, 0.2) is 41.7 Å². The number of fused-ring (bicyclic) bond motifs is 1. The lowest BCUT2D eigenvalue weighted by molar-refractivity contribution is 0.122. The Balaban J connectivity index is 1.43. The standard InChI is InChI=1S/C19H24N6O4S/c1-2-29-15-3-5-16(6-4-15)30(26,27)23-7-8-25-19-17(13-22-25)18(20-14-21-19)24-9-11-28-12-10-24/h3-6,13-14,23H,2,7-12H2,1H3. The SMILES string of the molecule is CCOc1ccc(S(=O)(=O)NCCn2ncc3c(N4CCOCC4)ncnc32)cc1. The Morgan fingerprint density at radius 1 is 1.17 bits per heavy atom. The van der Waals surface area contributed by atoms with Crippen LogP contribution in [0.1, 0.15) is 6.92 Å². The Morgan fingerprint density at radius 3 is 2.67 bits per heavy atom. The van der Waals surface area contributed by atoms with Crippen LogP contribution in [0.4, 0.5) is 5.82 Å². The van der Waals surface area contributed by atoms with E-state index in [1.807, 2.05) is 6.92 Å². The van der Waals surface area contributed by atoms with Crippen molar-refractivity contribution in [2.45, 2.75) is 18.4 Å². The van der Waals surface area contributed by atoms with Gasteiger partial charge in [-0.3, -0.25) is 0 Å². The van der Waals surface area contributed by atoms with Crippen LogP contribution in [0.25, 0.3) is 11.0 Å². The Labute approximate surface area is 174 Å². The first-order valence-corrected chi connectivity index (χ1v) is 11.3. The number of rotatable bonds is 8. The van der Waals surface area contributed by atoms with Gasteiger partial charge in [0.05, 0.1) is 42.8 Å². The number of anilines is 1. The highest BCUT2D eigenvalue weighted by atomic mass is 32.2. The molecular weight excluding hydrogens is 408 g/mol. The molecule has 1 aliphatic heterocycles. The molecule has 3 heterocycles. The van der Waals surface area contributed by atoms with E-state index < -0.39 is 10.0 Å². The van der Waals surface area contributed by atoms with Crippen molar-refractivity contribution >= 4 is 26.9 Å². The highest BCUT2D eigenvalue weighted by molar-refractivity contribution is 7.89. The van der Waals surface area contributed by atoms with Gasteiger partial charge in [-0.1, -0.05) is 0 Å². The number of nitrogens with zero attached hydrogens (tertiary/aromatic N) is 5. The van der Waals surface area contributed by atoms with E-state index in [1.165, 1.54) is 18.5 Å². The number of sulfonamides is 1. The molecule has 0 atom stereocenters. The van der Waals surface area contributed by atoms with Gasteiger partial charge in [0, 0.05) is 19.6 Å². The van der Waals surface area contributed by atoms with Crippen LogP contribution in [0.5, 0.6) is 5.75 Å². The smallest absolute Gasteiger partial charge is 0.240 e. The molecule has 0 amide bonds. The van der Waals surface area contributed by atoms with Crippen LogP contribution in [-0.4, -0.2) is 67.6 Å². The van der Waals surface area contributed by atoms with E-state index in [-0.39, 0.29) is 11.4 Å². The van der Waals surface area contributed by atoms with E-state index in [0.717, 1.165) is 24.3 Å². The summed E-state index contributed by atoms with van der Waals surface area (Å²) in [6, 6.07) is 6.34. The van der Waals surface area contributed by atoms with Crippen LogP contribution in [0.2, 0.25) is 0 Å². The predicted octanol–water partition coefficient (Wildman–Crippen LogP) is 1.04. The maximum atomic E-state index is 12.5. The zero-order valence-corrected chi connectivity index (χ0v) is 17.5. The summed E-state index contributed by atoms with van der Waals surface area (Å²) in [7, 11) is -3.63. The third kappa shape index (κ3) is 4.37. The number of ether oxygens (including phenoxy) is 2. The van der Waals surface area contributed by atoms with Crippen molar-refractivity contribution in [1.82, 2.24) is 24.5 Å². The van der Waals surface area contributed by atoms with E-state index >= 15 is 0 Å². The summed E-state index contributed by atoms with van der Waals surface area (Å²) in [6.07, 6.45) is 3.23. The van der Waals surface area contributed by atoms with Crippen LogP contribution < -0.4 is 14.4 Å². The molecule has 0 bridgehead atoms. The minimum atomic E-state index is -3.63. The van der Waals surface area contributed by atoms with Crippen molar-refractivity contribution in [2.24, 2.45) is 0 Å². The van der Waals surface area contributed by atoms with Gasteiger partial charge in [0.2, 0.25) is 10.0 Å². The van der Waals surface area contributed by atoms with Gasteiger partial charge in [-0.25, -0.2) is 27.8 Å². The molecule has 160 valence electrons. The Kier molecular flexibility index (Phi) is 6.11. The zero-order valence-electron chi connectivity index (χ0n) is 16.7. The molecule has 0 radical (unpaired) electrons. The van der Waals surface area contributed by atoms with E-state index in [1.54, 1.807) is 23.0 Å². The van der Waals surface area contributed by atoms with E-state index in [2.05, 4.69) is 24.7 Å². The fourth-order valence-corrected chi connectivity index (χ4v) is 4.34. The van der Waals surface area contributed by atoms with Gasteiger partial charge in [0.15, 0.2) is 5.65 Å². The number of hydrogen-bond donors (Lipinski definition) is 1. The van der Waals surface area contributed by atoms with Crippen LogP contribution >= 0.6 is 0 Å². The molecule has 0 unspecified atom stereocenters. The normalized spacial score (nSPS) is 14.9. The Morgan fingerprint density at radius 2 is 1.93 bits per heavy atom. The molecule has 3 aromatic rings. The second-order valence-electron chi connectivity index (χ2n) is 6.70. The van der Waals surface area contributed by atoms with Gasteiger partial charge in [-0.05, 0) is 31.2 Å². The number of benzene rings is 1. The summed E-state index contributed by atoms with van der Waals surface area (Å²) >= 11 is 0. The lowest BCUT2D eigenvalue weighted by Crippen LogP contribution is -2.36. The predicted molar refractivity (Wildman–Crippen MR) is 111 cm³/mol. The first-order chi connectivity index (χ1) is 14.6. The molecule has 1 fully saturated rings. The second-order valence-corrected chi connectivity index (χ2v) is 8.47. The average Bonchev–Trinajstić information content (AvgIpc) is 3.18. The number of aromatic nitrogens is 4. The molecule has 1 N–H and O–H groups in total. The van der Waals surface area contributed by atoms with Gasteiger partial charge in [-0.2, -0.15) is 5.10 Å². The first kappa shape index (κ1) is 20.5. The molecule has 1 saturated heterocycles. The topological polar surface area (TPSA) is 111 Å². The summed E-state index contributed by atoms with van der Waals surface area (Å²) in [5.41, 5.74) is 0.673. The highest BCUT2D eigenvalue weighted by Crippen LogP contribution is 2.23. The molecule has 10 nitrogen and oxygen atoms in total. The lowest BCUT2D eigenvalue weighted by atomic mass is 10.3. The third-order valence-corrected chi connectivity index (χ3v) is 6.26. The lowest BCUT2D eigenvalue weighted by Gasteiger charge is -2.27. The molecular formula is C19H24N6O4S. The third-order valence-electron chi connectivity index (χ3n) is 4.78. The van der Waals surface area contributed by atoms with Crippen molar-refractivity contribution in [2.75, 3.05) is 44.4 Å². The number of hydrogen-bond acceptors (Lipinski definition) is 8. The average molecular weight is 433 g/mol. The van der Waals surface area contributed by atoms with Crippen LogP contribution in [0, 0.1) is 0 Å². The summed E-state index contributed by atoms with van der Waals surface area (Å²) in [5.74, 6) is 1.46. The second kappa shape index (κ2) is 8.94. The molecule has 1 aliphatic rings. The van der Waals surface area contributed by atoms with Gasteiger partial charge in [0.25, 0.3) is 0 Å². The minimum absolute atomic E-state index is 0.184. The van der Waals surface area contributed by atoms with Crippen molar-refractivity contribution < 1.29 is 17.9 Å². The molecule has 30 heavy (non-hydrogen) atoms. The quantitative estimate of drug-likeness (QED) is 0.562. The van der Waals surface area contributed by atoms with E-state index in [4.69, 9.17) is 9.47 Å². The largest absolute Gasteiger partial charge is 0.494 e. The van der Waals surface area contributed by atoms with Crippen molar-refractivity contribution in [3.63, 3.8) is 0 Å². The number of nitrogens with one attached hydrogen (secondary N) is 1. The van der Waals surface area contributed by atoms with Crippen molar-refractivity contribution in [3.8, 4) is 5.75 Å². The molecule has 0 spiro atoms. The summed E-state index contributed by atoms with van der Waals surface area (Å²) < 4.78 is 40.1. The van der Waals surface area contributed by atoms with E-state index in [0.29, 0.717) is 37.8 Å². The fourth-order valence-electron chi connectivity index (χ4n) is 3.32. The highest BCUT2D eigenvalue weighted by Gasteiger charge is 2.18. The van der Waals surface area contributed by atoms with Crippen molar-refractivity contribution in [3.05, 3.63) is 36.8 Å². The molecule has 11 heteroatoms. The van der Waals surface area contributed by atoms with Gasteiger partial charge in [0.1, 0.15) is 17.9 Å². The molecule has 2 aromatic heterocycles. The summed E-state index contributed by atoms with van der Waals surface area (Å²) in [4.78, 5) is 11.1. The van der Waals surface area contributed by atoms with E-state index in [9.17, 15) is 8.42 Å². The van der Waals surface area contributed by atoms with Crippen LogP contribution in [-0.2, 0) is 21.3 Å². The first-order valence-electron chi connectivity index (χ1n) is 9.80. The molecule has 1 aromatic carbocycles. The van der Waals surface area contributed by atoms with Crippen LogP contribution in [0.3, 0.4) is 0 Å². The maximum absolute atomic E-state index is 12.5. The van der Waals surface area contributed by atoms with Gasteiger partial charge >= 0.3 is 0 Å². The Bertz CT molecular complexity index is 1090. The zero-order chi connectivity index (χ0) is 21.0. The monoisotopic (exact) mass is 432 g/mol. The van der Waals surface area contributed by atoms with Gasteiger partial charge in [-0.15, -0.1) is 0 Å². The Hall–Kier alpha value is -2.76. The minimum Gasteiger partial charge on any atom is -0.494 e. The fraction of sp³-hybridized carbons (Fsp3) is 0.421. The van der Waals surface area contributed by atoms with Gasteiger partial charge < -0.3 is 14.4 Å². The van der Waals surface area contributed by atoms with Crippen molar-refractivity contribution in [1.29, 1.82) is 0 Å². The number of morpholine rings is 1. The molecule has 0 aliphatic carbocycles.